The van der Waals surface area contributed by atoms with E-state index >= 15 is 0 Å². The molecule has 3 aromatic heterocycles. The number of carbonyl (C=O) groups is 2. The molecule has 53 heavy (non-hydrogen) atoms. The van der Waals surface area contributed by atoms with E-state index in [1.54, 1.807) is 13.2 Å². The fourth-order valence-electron chi connectivity index (χ4n) is 6.84. The fraction of sp³-hybridized carbons (Fsp3) is 0.538. The van der Waals surface area contributed by atoms with Crippen molar-refractivity contribution < 1.29 is 19.1 Å². The molecule has 14 nitrogen and oxygen atoms in total. The van der Waals surface area contributed by atoms with E-state index in [9.17, 15) is 9.59 Å². The van der Waals surface area contributed by atoms with Gasteiger partial charge in [-0.3, -0.25) is 19.4 Å². The summed E-state index contributed by atoms with van der Waals surface area (Å²) in [6.07, 6.45) is 3.00. The van der Waals surface area contributed by atoms with Crippen molar-refractivity contribution >= 4 is 23.4 Å². The van der Waals surface area contributed by atoms with E-state index in [1.807, 2.05) is 81.6 Å². The SMILES string of the molecule is COC(C)(C)c1nnc2ccc(O[C@@H]3CC[C@H](NC(=O)Nc4cc(C(C)(C)C)nc(C(=O)NCC(C)(C)N5CCN(C)CC5)n4)c4ccccc43)cn12. The Morgan fingerprint density at radius 1 is 0.906 bits per heavy atom. The number of nitrogens with one attached hydrogen (secondary N) is 3. The first-order valence-corrected chi connectivity index (χ1v) is 18.4. The molecule has 4 aromatic rings. The third-order valence-corrected chi connectivity index (χ3v) is 10.4. The van der Waals surface area contributed by atoms with Gasteiger partial charge in [0.2, 0.25) is 5.82 Å². The van der Waals surface area contributed by atoms with Crippen molar-refractivity contribution in [3.63, 3.8) is 0 Å². The van der Waals surface area contributed by atoms with Gasteiger partial charge in [0, 0.05) is 56.9 Å². The molecule has 0 bridgehead atoms. The summed E-state index contributed by atoms with van der Waals surface area (Å²) in [5, 5.41) is 17.7. The molecule has 1 saturated heterocycles. The lowest BCUT2D eigenvalue weighted by Crippen LogP contribution is -2.57. The molecule has 1 aliphatic carbocycles. The van der Waals surface area contributed by atoms with Gasteiger partial charge in [0.15, 0.2) is 11.5 Å². The highest BCUT2D eigenvalue weighted by Crippen LogP contribution is 2.39. The number of aromatic nitrogens is 5. The van der Waals surface area contributed by atoms with Crippen molar-refractivity contribution in [2.45, 2.75) is 90.0 Å². The van der Waals surface area contributed by atoms with Crippen LogP contribution < -0.4 is 20.7 Å². The first-order chi connectivity index (χ1) is 25.0. The summed E-state index contributed by atoms with van der Waals surface area (Å²) < 4.78 is 14.1. The number of rotatable bonds is 10. The minimum atomic E-state index is -0.634. The second-order valence-electron chi connectivity index (χ2n) is 16.3. The number of fused-ring (bicyclic) bond motifs is 2. The number of anilines is 1. The highest BCUT2D eigenvalue weighted by Gasteiger charge is 2.32. The van der Waals surface area contributed by atoms with E-state index < -0.39 is 11.6 Å². The molecular weight excluding hydrogens is 672 g/mol. The first kappa shape index (κ1) is 38.1. The number of likely N-dealkylation sites (N-methyl/N-ethyl adjacent to an activating group) is 1. The van der Waals surface area contributed by atoms with Gasteiger partial charge >= 0.3 is 6.03 Å². The minimum absolute atomic E-state index is 0.0208. The third kappa shape index (κ3) is 8.61. The molecule has 1 aromatic carbocycles. The van der Waals surface area contributed by atoms with Gasteiger partial charge in [-0.05, 0) is 70.8 Å². The number of piperazine rings is 1. The van der Waals surface area contributed by atoms with Crippen LogP contribution in [0.2, 0.25) is 0 Å². The first-order valence-electron chi connectivity index (χ1n) is 18.4. The van der Waals surface area contributed by atoms with Gasteiger partial charge in [-0.2, -0.15) is 0 Å². The monoisotopic (exact) mass is 726 g/mol. The topological polar surface area (TPSA) is 151 Å². The van der Waals surface area contributed by atoms with E-state index in [1.165, 1.54) is 0 Å². The maximum atomic E-state index is 13.5. The number of nitrogens with zero attached hydrogens (tertiary/aromatic N) is 7. The van der Waals surface area contributed by atoms with Crippen LogP contribution in [0.15, 0.2) is 48.7 Å². The Morgan fingerprint density at radius 2 is 1.62 bits per heavy atom. The lowest BCUT2D eigenvalue weighted by atomic mass is 9.85. The molecule has 0 unspecified atom stereocenters. The van der Waals surface area contributed by atoms with Crippen LogP contribution in [0.4, 0.5) is 10.6 Å². The van der Waals surface area contributed by atoms with Gasteiger partial charge in [-0.15, -0.1) is 10.2 Å². The number of pyridine rings is 1. The van der Waals surface area contributed by atoms with Gasteiger partial charge in [0.05, 0.1) is 17.9 Å². The molecule has 2 aliphatic rings. The Balaban J connectivity index is 1.14. The number of hydrogen-bond donors (Lipinski definition) is 3. The van der Waals surface area contributed by atoms with Crippen molar-refractivity contribution in [1.29, 1.82) is 0 Å². The summed E-state index contributed by atoms with van der Waals surface area (Å²) in [6.45, 7) is 18.5. The Labute approximate surface area is 312 Å². The van der Waals surface area contributed by atoms with E-state index in [-0.39, 0.29) is 40.6 Å². The number of carbonyl (C=O) groups excluding carboxylic acids is 2. The standard InChI is InChI=1S/C39H54N10O4/c1-37(2,3)30-22-31(43-33(42-30)34(50)40-24-38(4,5)48-20-18-47(8)19-21-48)44-36(51)41-28-15-16-29(27-13-11-10-12-26(27)28)53-25-14-17-32-45-46-35(49(32)23-25)39(6,7)52-9/h10-14,17,22-23,28-29H,15-16,18-21,24H2,1-9H3,(H,40,50)(H2,41,42,43,44,51)/t28-,29+/m0/s1. The number of hydrogen-bond acceptors (Lipinski definition) is 10. The van der Waals surface area contributed by atoms with Crippen LogP contribution in [-0.2, 0) is 15.8 Å². The molecule has 0 saturated carbocycles. The number of ether oxygens (including phenoxy) is 2. The molecule has 4 heterocycles. The van der Waals surface area contributed by atoms with Crippen molar-refractivity contribution in [3.8, 4) is 5.75 Å². The maximum Gasteiger partial charge on any atom is 0.320 e. The fourth-order valence-corrected chi connectivity index (χ4v) is 6.84. The van der Waals surface area contributed by atoms with E-state index in [2.05, 4.69) is 66.8 Å². The quantitative estimate of drug-likeness (QED) is 0.198. The zero-order chi connectivity index (χ0) is 38.1. The third-order valence-electron chi connectivity index (χ3n) is 10.4. The summed E-state index contributed by atoms with van der Waals surface area (Å²) in [5.74, 6) is 1.26. The predicted molar refractivity (Wildman–Crippen MR) is 203 cm³/mol. The second kappa shape index (κ2) is 15.0. The van der Waals surface area contributed by atoms with Crippen LogP contribution in [0.25, 0.3) is 5.65 Å². The van der Waals surface area contributed by atoms with Gasteiger partial charge in [0.1, 0.15) is 23.3 Å². The van der Waals surface area contributed by atoms with Crippen LogP contribution in [0.5, 0.6) is 5.75 Å². The number of urea groups is 1. The lowest BCUT2D eigenvalue weighted by molar-refractivity contribution is 0.0106. The lowest BCUT2D eigenvalue weighted by Gasteiger charge is -2.43. The minimum Gasteiger partial charge on any atom is -0.484 e. The normalized spacial score (nSPS) is 18.7. The molecule has 3 N–H and O–H groups in total. The van der Waals surface area contributed by atoms with Crippen LogP contribution in [0, 0.1) is 0 Å². The maximum absolute atomic E-state index is 13.5. The zero-order valence-corrected chi connectivity index (χ0v) is 32.5. The predicted octanol–water partition coefficient (Wildman–Crippen LogP) is 5.23. The highest BCUT2D eigenvalue weighted by molar-refractivity contribution is 5.92. The van der Waals surface area contributed by atoms with Gasteiger partial charge in [-0.25, -0.2) is 14.8 Å². The van der Waals surface area contributed by atoms with Crippen LogP contribution >= 0.6 is 0 Å². The molecule has 1 aliphatic heterocycles. The Morgan fingerprint density at radius 3 is 2.32 bits per heavy atom. The molecular formula is C39H54N10O4. The highest BCUT2D eigenvalue weighted by atomic mass is 16.5. The van der Waals surface area contributed by atoms with Crippen LogP contribution in [0.1, 0.15) is 107 Å². The Hall–Kier alpha value is -4.66. The molecule has 6 rings (SSSR count). The Bertz CT molecular complexity index is 1940. The van der Waals surface area contributed by atoms with Crippen molar-refractivity contribution in [2.24, 2.45) is 0 Å². The number of benzene rings is 1. The number of amides is 3. The number of methoxy groups -OCH3 is 1. The van der Waals surface area contributed by atoms with E-state index in [4.69, 9.17) is 9.47 Å². The molecule has 14 heteroatoms. The van der Waals surface area contributed by atoms with Crippen LogP contribution in [-0.4, -0.2) is 98.7 Å². The summed E-state index contributed by atoms with van der Waals surface area (Å²) in [6, 6.07) is 12.8. The molecule has 0 radical (unpaired) electrons. The van der Waals surface area contributed by atoms with Crippen molar-refractivity contribution in [1.82, 2.24) is 45.0 Å². The smallest absolute Gasteiger partial charge is 0.320 e. The summed E-state index contributed by atoms with van der Waals surface area (Å²) in [4.78, 5) is 40.8. The van der Waals surface area contributed by atoms with Gasteiger partial charge in [0.25, 0.3) is 5.91 Å². The van der Waals surface area contributed by atoms with Gasteiger partial charge in [-0.1, -0.05) is 45.0 Å². The Kier molecular flexibility index (Phi) is 10.8. The molecule has 1 fully saturated rings. The van der Waals surface area contributed by atoms with Gasteiger partial charge < -0.3 is 25.0 Å². The zero-order valence-electron chi connectivity index (χ0n) is 32.5. The summed E-state index contributed by atoms with van der Waals surface area (Å²) in [7, 11) is 3.77. The van der Waals surface area contributed by atoms with Crippen molar-refractivity contribution in [3.05, 3.63) is 77.1 Å². The van der Waals surface area contributed by atoms with E-state index in [0.717, 1.165) is 37.3 Å². The largest absolute Gasteiger partial charge is 0.484 e. The average Bonchev–Trinajstić information content (AvgIpc) is 3.56. The molecule has 284 valence electrons. The molecule has 2 atom stereocenters. The average molecular weight is 727 g/mol. The van der Waals surface area contributed by atoms with Crippen molar-refractivity contribution in [2.75, 3.05) is 52.2 Å². The molecule has 0 spiro atoms. The summed E-state index contributed by atoms with van der Waals surface area (Å²) >= 11 is 0. The summed E-state index contributed by atoms with van der Waals surface area (Å²) in [5.41, 5.74) is 2.07. The molecule has 3 amide bonds. The second-order valence-corrected chi connectivity index (χ2v) is 16.3. The van der Waals surface area contributed by atoms with Crippen LogP contribution in [0.3, 0.4) is 0 Å². The van der Waals surface area contributed by atoms with E-state index in [0.29, 0.717) is 42.3 Å².